The second-order valence-corrected chi connectivity index (χ2v) is 9.04. The minimum Gasteiger partial charge on any atom is -0.321 e. The van der Waals surface area contributed by atoms with Gasteiger partial charge in [-0.25, -0.2) is 0 Å². The number of carbonyl (C=O) groups is 2. The number of para-hydroxylation sites is 1. The SMILES string of the molecule is Cc1ccc(C(=O)Nc2sc3c(c2C(=O)Nc2ccccc2Cl)CCCCC3)cc1. The Hall–Kier alpha value is -2.63. The lowest BCUT2D eigenvalue weighted by molar-refractivity contribution is 0.102. The first-order chi connectivity index (χ1) is 14.5. The summed E-state index contributed by atoms with van der Waals surface area (Å²) in [5.41, 5.74) is 3.85. The van der Waals surface area contributed by atoms with Gasteiger partial charge < -0.3 is 10.6 Å². The summed E-state index contributed by atoms with van der Waals surface area (Å²) in [5.74, 6) is -0.445. The van der Waals surface area contributed by atoms with E-state index in [1.165, 1.54) is 16.2 Å². The number of hydrogen-bond acceptors (Lipinski definition) is 3. The highest BCUT2D eigenvalue weighted by molar-refractivity contribution is 7.17. The van der Waals surface area contributed by atoms with Gasteiger partial charge in [-0.05, 0) is 62.4 Å². The average Bonchev–Trinajstić information content (AvgIpc) is 2.90. The molecule has 0 spiro atoms. The molecule has 4 rings (SSSR count). The molecule has 1 aliphatic carbocycles. The third kappa shape index (κ3) is 4.42. The topological polar surface area (TPSA) is 58.2 Å². The van der Waals surface area contributed by atoms with Crippen LogP contribution < -0.4 is 10.6 Å². The third-order valence-corrected chi connectivity index (χ3v) is 6.85. The first kappa shape index (κ1) is 20.6. The quantitative estimate of drug-likeness (QED) is 0.458. The van der Waals surface area contributed by atoms with Crippen molar-refractivity contribution in [3.8, 4) is 0 Å². The first-order valence-corrected chi connectivity index (χ1v) is 11.3. The van der Waals surface area contributed by atoms with Gasteiger partial charge in [0.05, 0.1) is 16.3 Å². The van der Waals surface area contributed by atoms with Crippen LogP contribution in [0.1, 0.15) is 56.0 Å². The number of rotatable bonds is 4. The largest absolute Gasteiger partial charge is 0.321 e. The number of anilines is 2. The molecule has 0 saturated carbocycles. The molecule has 2 aromatic carbocycles. The van der Waals surface area contributed by atoms with Crippen LogP contribution in [0.4, 0.5) is 10.7 Å². The highest BCUT2D eigenvalue weighted by atomic mass is 35.5. The normalized spacial score (nSPS) is 13.3. The molecule has 0 fully saturated rings. The van der Waals surface area contributed by atoms with Gasteiger partial charge in [0.25, 0.3) is 11.8 Å². The molecule has 30 heavy (non-hydrogen) atoms. The van der Waals surface area contributed by atoms with Crippen molar-refractivity contribution >= 4 is 45.4 Å². The lowest BCUT2D eigenvalue weighted by atomic mass is 10.0. The predicted molar refractivity (Wildman–Crippen MR) is 124 cm³/mol. The lowest BCUT2D eigenvalue weighted by Gasteiger charge is -2.11. The highest BCUT2D eigenvalue weighted by Gasteiger charge is 2.26. The van der Waals surface area contributed by atoms with Crippen molar-refractivity contribution in [1.82, 2.24) is 0 Å². The van der Waals surface area contributed by atoms with E-state index in [0.717, 1.165) is 43.2 Å². The number of benzene rings is 2. The van der Waals surface area contributed by atoms with E-state index in [9.17, 15) is 9.59 Å². The lowest BCUT2D eigenvalue weighted by Crippen LogP contribution is -2.18. The standard InChI is InChI=1S/C24H23ClN2O2S/c1-15-11-13-16(14-12-15)22(28)27-24-21(17-7-3-2-4-10-20(17)30-24)23(29)26-19-9-6-5-8-18(19)25/h5-6,8-9,11-14H,2-4,7,10H2,1H3,(H,26,29)(H,27,28). The summed E-state index contributed by atoms with van der Waals surface area (Å²) < 4.78 is 0. The molecule has 1 aromatic heterocycles. The van der Waals surface area contributed by atoms with Crippen LogP contribution in [0.25, 0.3) is 0 Å². The van der Waals surface area contributed by atoms with Crippen molar-refractivity contribution in [2.45, 2.75) is 39.0 Å². The summed E-state index contributed by atoms with van der Waals surface area (Å²) in [6.07, 6.45) is 5.08. The van der Waals surface area contributed by atoms with E-state index in [2.05, 4.69) is 10.6 Å². The Morgan fingerprint density at radius 1 is 0.900 bits per heavy atom. The minimum atomic E-state index is -0.235. The zero-order chi connectivity index (χ0) is 21.1. The van der Waals surface area contributed by atoms with Gasteiger partial charge in [-0.2, -0.15) is 0 Å². The maximum atomic E-state index is 13.3. The Morgan fingerprint density at radius 2 is 1.63 bits per heavy atom. The molecule has 6 heteroatoms. The molecule has 2 N–H and O–H groups in total. The van der Waals surface area contributed by atoms with E-state index >= 15 is 0 Å². The van der Waals surface area contributed by atoms with Crippen LogP contribution in [0, 0.1) is 6.92 Å². The number of aryl methyl sites for hydroxylation is 2. The summed E-state index contributed by atoms with van der Waals surface area (Å²) >= 11 is 7.75. The molecule has 0 unspecified atom stereocenters. The smallest absolute Gasteiger partial charge is 0.258 e. The molecule has 4 nitrogen and oxygen atoms in total. The fourth-order valence-electron chi connectivity index (χ4n) is 3.70. The second kappa shape index (κ2) is 9.02. The van der Waals surface area contributed by atoms with Gasteiger partial charge in [0.15, 0.2) is 0 Å². The van der Waals surface area contributed by atoms with E-state index in [-0.39, 0.29) is 11.8 Å². The zero-order valence-corrected chi connectivity index (χ0v) is 18.3. The van der Waals surface area contributed by atoms with Crippen molar-refractivity contribution in [3.63, 3.8) is 0 Å². The Morgan fingerprint density at radius 3 is 2.40 bits per heavy atom. The fraction of sp³-hybridized carbons (Fsp3) is 0.250. The van der Waals surface area contributed by atoms with E-state index in [1.54, 1.807) is 24.3 Å². The number of carbonyl (C=O) groups excluding carboxylic acids is 2. The Labute approximate surface area is 185 Å². The molecule has 0 radical (unpaired) electrons. The second-order valence-electron chi connectivity index (χ2n) is 7.52. The molecule has 0 saturated heterocycles. The van der Waals surface area contributed by atoms with Crippen LogP contribution in [0.5, 0.6) is 0 Å². The van der Waals surface area contributed by atoms with Crippen molar-refractivity contribution in [2.24, 2.45) is 0 Å². The van der Waals surface area contributed by atoms with E-state index in [1.807, 2.05) is 31.2 Å². The van der Waals surface area contributed by atoms with Crippen molar-refractivity contribution in [2.75, 3.05) is 10.6 Å². The molecular formula is C24H23ClN2O2S. The molecular weight excluding hydrogens is 416 g/mol. The van der Waals surface area contributed by atoms with Crippen LogP contribution in [0.15, 0.2) is 48.5 Å². The summed E-state index contributed by atoms with van der Waals surface area (Å²) in [5, 5.41) is 7.01. The number of thiophene rings is 1. The number of halogens is 1. The summed E-state index contributed by atoms with van der Waals surface area (Å²) in [6.45, 7) is 1.98. The van der Waals surface area contributed by atoms with Crippen LogP contribution in [-0.2, 0) is 12.8 Å². The molecule has 0 aliphatic heterocycles. The van der Waals surface area contributed by atoms with Crippen LogP contribution in [0.2, 0.25) is 5.02 Å². The van der Waals surface area contributed by atoms with Crippen molar-refractivity contribution in [1.29, 1.82) is 0 Å². The average molecular weight is 439 g/mol. The third-order valence-electron chi connectivity index (χ3n) is 5.31. The first-order valence-electron chi connectivity index (χ1n) is 10.1. The zero-order valence-electron chi connectivity index (χ0n) is 16.8. The van der Waals surface area contributed by atoms with Gasteiger partial charge >= 0.3 is 0 Å². The molecule has 1 aliphatic rings. The van der Waals surface area contributed by atoms with Gasteiger partial charge in [-0.15, -0.1) is 11.3 Å². The van der Waals surface area contributed by atoms with Gasteiger partial charge in [0, 0.05) is 10.4 Å². The maximum Gasteiger partial charge on any atom is 0.258 e. The monoisotopic (exact) mass is 438 g/mol. The van der Waals surface area contributed by atoms with E-state index in [4.69, 9.17) is 11.6 Å². The Kier molecular flexibility index (Phi) is 6.21. The maximum absolute atomic E-state index is 13.3. The van der Waals surface area contributed by atoms with E-state index < -0.39 is 0 Å². The van der Waals surface area contributed by atoms with E-state index in [0.29, 0.717) is 26.8 Å². The number of fused-ring (bicyclic) bond motifs is 1. The fourth-order valence-corrected chi connectivity index (χ4v) is 5.16. The predicted octanol–water partition coefficient (Wildman–Crippen LogP) is 6.48. The summed E-state index contributed by atoms with van der Waals surface area (Å²) in [4.78, 5) is 27.3. The van der Waals surface area contributed by atoms with Gasteiger partial charge in [-0.1, -0.05) is 47.9 Å². The Balaban J connectivity index is 1.67. The van der Waals surface area contributed by atoms with Crippen LogP contribution in [-0.4, -0.2) is 11.8 Å². The highest BCUT2D eigenvalue weighted by Crippen LogP contribution is 2.38. The number of hydrogen-bond donors (Lipinski definition) is 2. The van der Waals surface area contributed by atoms with Crippen molar-refractivity contribution < 1.29 is 9.59 Å². The van der Waals surface area contributed by atoms with Gasteiger partial charge in [0.2, 0.25) is 0 Å². The molecule has 1 heterocycles. The molecule has 3 aromatic rings. The Bertz CT molecular complexity index is 1090. The van der Waals surface area contributed by atoms with Crippen LogP contribution >= 0.6 is 22.9 Å². The van der Waals surface area contributed by atoms with Gasteiger partial charge in [-0.3, -0.25) is 9.59 Å². The molecule has 2 amide bonds. The number of amides is 2. The summed E-state index contributed by atoms with van der Waals surface area (Å²) in [6, 6.07) is 14.6. The minimum absolute atomic E-state index is 0.210. The molecule has 154 valence electrons. The van der Waals surface area contributed by atoms with Gasteiger partial charge in [0.1, 0.15) is 5.00 Å². The number of nitrogens with one attached hydrogen (secondary N) is 2. The summed E-state index contributed by atoms with van der Waals surface area (Å²) in [7, 11) is 0. The molecule has 0 bridgehead atoms. The van der Waals surface area contributed by atoms with Crippen molar-refractivity contribution in [3.05, 3.63) is 80.7 Å². The molecule has 0 atom stereocenters. The van der Waals surface area contributed by atoms with Crippen LogP contribution in [0.3, 0.4) is 0 Å².